The summed E-state index contributed by atoms with van der Waals surface area (Å²) in [5.74, 6) is 0.852. The van der Waals surface area contributed by atoms with Gasteiger partial charge in [-0.2, -0.15) is 0 Å². The first-order chi connectivity index (χ1) is 20.7. The Morgan fingerprint density at radius 3 is 2.60 bits per heavy atom. The molecule has 3 heterocycles. The smallest absolute Gasteiger partial charge is 0.243 e. The summed E-state index contributed by atoms with van der Waals surface area (Å²) in [5.41, 5.74) is 4.88. The predicted molar refractivity (Wildman–Crippen MR) is 167 cm³/mol. The van der Waals surface area contributed by atoms with Gasteiger partial charge in [-0.25, -0.2) is 9.97 Å². The van der Waals surface area contributed by atoms with E-state index in [9.17, 15) is 4.79 Å². The van der Waals surface area contributed by atoms with Crippen LogP contribution in [0, 0.1) is 0 Å². The van der Waals surface area contributed by atoms with E-state index in [0.717, 1.165) is 54.4 Å². The second kappa shape index (κ2) is 13.3. The van der Waals surface area contributed by atoms with Crippen molar-refractivity contribution in [2.24, 2.45) is 0 Å². The number of aromatic nitrogens is 3. The molecule has 1 unspecified atom stereocenters. The fourth-order valence-corrected chi connectivity index (χ4v) is 5.42. The molecule has 214 valence electrons. The second-order valence-electron chi connectivity index (χ2n) is 10.4. The van der Waals surface area contributed by atoms with Gasteiger partial charge in [0.05, 0.1) is 31.2 Å². The summed E-state index contributed by atoms with van der Waals surface area (Å²) in [7, 11) is 0. The van der Waals surface area contributed by atoms with Crippen LogP contribution in [-0.2, 0) is 16.1 Å². The van der Waals surface area contributed by atoms with Crippen molar-refractivity contribution in [3.8, 4) is 0 Å². The number of aromatic amines is 1. The van der Waals surface area contributed by atoms with Crippen molar-refractivity contribution >= 4 is 34.1 Å². The SMILES string of the molecule is O=C(CNc1cccc(C2CN(c3ncnc4[nH]ccc34)CCN2CCOCc2ccccc2)c1)Nc1ccccc1. The Morgan fingerprint density at radius 2 is 1.74 bits per heavy atom. The van der Waals surface area contributed by atoms with Gasteiger partial charge in [0, 0.05) is 43.8 Å². The Kier molecular flexibility index (Phi) is 8.68. The first-order valence-electron chi connectivity index (χ1n) is 14.3. The largest absolute Gasteiger partial charge is 0.376 e. The first-order valence-corrected chi connectivity index (χ1v) is 14.3. The molecule has 1 fully saturated rings. The predicted octanol–water partition coefficient (Wildman–Crippen LogP) is 5.09. The molecule has 0 saturated carbocycles. The van der Waals surface area contributed by atoms with Crippen molar-refractivity contribution in [1.82, 2.24) is 19.9 Å². The maximum atomic E-state index is 12.5. The number of nitrogens with zero attached hydrogens (tertiary/aromatic N) is 4. The zero-order valence-corrected chi connectivity index (χ0v) is 23.4. The third-order valence-electron chi connectivity index (χ3n) is 7.54. The van der Waals surface area contributed by atoms with Gasteiger partial charge >= 0.3 is 0 Å². The molecular formula is C33H35N7O2. The van der Waals surface area contributed by atoms with Crippen LogP contribution in [0.4, 0.5) is 17.2 Å². The lowest BCUT2D eigenvalue weighted by Gasteiger charge is -2.42. The Balaban J connectivity index is 1.16. The first kappa shape index (κ1) is 27.4. The summed E-state index contributed by atoms with van der Waals surface area (Å²) < 4.78 is 6.07. The number of carbonyl (C=O) groups excluding carboxylic acids is 1. The maximum absolute atomic E-state index is 12.5. The number of benzene rings is 3. The molecule has 1 amide bonds. The highest BCUT2D eigenvalue weighted by atomic mass is 16.5. The number of anilines is 3. The fourth-order valence-electron chi connectivity index (χ4n) is 5.42. The van der Waals surface area contributed by atoms with Crippen LogP contribution in [0.15, 0.2) is 104 Å². The minimum Gasteiger partial charge on any atom is -0.376 e. The number of para-hydroxylation sites is 1. The lowest BCUT2D eigenvalue weighted by Crippen LogP contribution is -2.49. The van der Waals surface area contributed by atoms with E-state index in [1.54, 1.807) is 6.33 Å². The molecule has 9 heteroatoms. The molecule has 1 saturated heterocycles. The van der Waals surface area contributed by atoms with Crippen LogP contribution in [0.3, 0.4) is 0 Å². The second-order valence-corrected chi connectivity index (χ2v) is 10.4. The highest BCUT2D eigenvalue weighted by molar-refractivity contribution is 5.93. The van der Waals surface area contributed by atoms with Crippen molar-refractivity contribution in [2.45, 2.75) is 12.6 Å². The van der Waals surface area contributed by atoms with Gasteiger partial charge in [-0.1, -0.05) is 60.7 Å². The third kappa shape index (κ3) is 6.76. The van der Waals surface area contributed by atoms with Crippen LogP contribution < -0.4 is 15.5 Å². The molecule has 5 aromatic rings. The maximum Gasteiger partial charge on any atom is 0.243 e. The van der Waals surface area contributed by atoms with Gasteiger partial charge in [0.1, 0.15) is 17.8 Å². The van der Waals surface area contributed by atoms with Crippen LogP contribution in [0.2, 0.25) is 0 Å². The van der Waals surface area contributed by atoms with Gasteiger partial charge < -0.3 is 25.3 Å². The van der Waals surface area contributed by atoms with Crippen LogP contribution in [0.25, 0.3) is 11.0 Å². The normalized spacial score (nSPS) is 15.5. The van der Waals surface area contributed by atoms with E-state index in [2.05, 4.69) is 59.7 Å². The third-order valence-corrected chi connectivity index (χ3v) is 7.54. The number of carbonyl (C=O) groups is 1. The number of H-pyrrole nitrogens is 1. The molecule has 3 aromatic carbocycles. The Morgan fingerprint density at radius 1 is 0.929 bits per heavy atom. The molecule has 2 aromatic heterocycles. The summed E-state index contributed by atoms with van der Waals surface area (Å²) in [6.07, 6.45) is 3.53. The summed E-state index contributed by atoms with van der Waals surface area (Å²) >= 11 is 0. The summed E-state index contributed by atoms with van der Waals surface area (Å²) in [6.45, 7) is 4.72. The molecular weight excluding hydrogens is 526 g/mol. The van der Waals surface area contributed by atoms with Crippen molar-refractivity contribution in [1.29, 1.82) is 0 Å². The van der Waals surface area contributed by atoms with Crippen LogP contribution in [0.1, 0.15) is 17.2 Å². The molecule has 6 rings (SSSR count). The topological polar surface area (TPSA) is 98.4 Å². The number of ether oxygens (including phenoxy) is 1. The van der Waals surface area contributed by atoms with Crippen LogP contribution in [0.5, 0.6) is 0 Å². The number of hydrogen-bond donors (Lipinski definition) is 3. The van der Waals surface area contributed by atoms with E-state index in [1.807, 2.05) is 72.9 Å². The van der Waals surface area contributed by atoms with Gasteiger partial charge in [0.25, 0.3) is 0 Å². The van der Waals surface area contributed by atoms with E-state index in [-0.39, 0.29) is 18.5 Å². The Labute approximate surface area is 245 Å². The lowest BCUT2D eigenvalue weighted by atomic mass is 10.0. The quantitative estimate of drug-likeness (QED) is 0.193. The minimum absolute atomic E-state index is 0.0908. The van der Waals surface area contributed by atoms with Crippen LogP contribution >= 0.6 is 0 Å². The molecule has 1 aliphatic heterocycles. The van der Waals surface area contributed by atoms with Gasteiger partial charge in [-0.3, -0.25) is 9.69 Å². The van der Waals surface area contributed by atoms with E-state index < -0.39 is 0 Å². The summed E-state index contributed by atoms with van der Waals surface area (Å²) in [5, 5.41) is 7.25. The van der Waals surface area contributed by atoms with Crippen molar-refractivity contribution in [3.05, 3.63) is 115 Å². The zero-order chi connectivity index (χ0) is 28.6. The van der Waals surface area contributed by atoms with E-state index in [1.165, 1.54) is 11.1 Å². The highest BCUT2D eigenvalue weighted by Gasteiger charge is 2.30. The molecule has 0 aliphatic carbocycles. The molecule has 0 radical (unpaired) electrons. The van der Waals surface area contributed by atoms with Crippen molar-refractivity contribution in [3.63, 3.8) is 0 Å². The molecule has 0 bridgehead atoms. The van der Waals surface area contributed by atoms with Gasteiger partial charge in [0.15, 0.2) is 0 Å². The number of amides is 1. The van der Waals surface area contributed by atoms with E-state index >= 15 is 0 Å². The average Bonchev–Trinajstić information content (AvgIpc) is 3.53. The number of piperazine rings is 1. The molecule has 1 aliphatic rings. The number of hydrogen-bond acceptors (Lipinski definition) is 7. The van der Waals surface area contributed by atoms with Crippen LogP contribution in [-0.4, -0.2) is 65.1 Å². The monoisotopic (exact) mass is 561 g/mol. The zero-order valence-electron chi connectivity index (χ0n) is 23.4. The lowest BCUT2D eigenvalue weighted by molar-refractivity contribution is -0.114. The summed E-state index contributed by atoms with van der Waals surface area (Å²) in [6, 6.07) is 30.3. The van der Waals surface area contributed by atoms with Gasteiger partial charge in [-0.15, -0.1) is 0 Å². The Hall–Kier alpha value is -4.73. The summed E-state index contributed by atoms with van der Waals surface area (Å²) in [4.78, 5) is 29.6. The Bertz CT molecular complexity index is 1590. The molecule has 1 atom stereocenters. The number of rotatable bonds is 11. The molecule has 3 N–H and O–H groups in total. The van der Waals surface area contributed by atoms with Crippen molar-refractivity contribution < 1.29 is 9.53 Å². The fraction of sp³-hybridized carbons (Fsp3) is 0.242. The highest BCUT2D eigenvalue weighted by Crippen LogP contribution is 2.31. The van der Waals surface area contributed by atoms with Gasteiger partial charge in [-0.05, 0) is 41.5 Å². The molecule has 42 heavy (non-hydrogen) atoms. The number of fused-ring (bicyclic) bond motifs is 1. The van der Waals surface area contributed by atoms with E-state index in [0.29, 0.717) is 13.2 Å². The van der Waals surface area contributed by atoms with Gasteiger partial charge in [0.2, 0.25) is 5.91 Å². The molecule has 9 nitrogen and oxygen atoms in total. The molecule has 0 spiro atoms. The van der Waals surface area contributed by atoms with Crippen molar-refractivity contribution in [2.75, 3.05) is 54.9 Å². The standard InChI is InChI=1S/C33H35N7O2/c41-31(38-27-11-5-2-6-12-27)21-35-28-13-7-10-26(20-28)30-22-40(33-29-14-15-34-32(29)36-24-37-33)17-16-39(30)18-19-42-23-25-8-3-1-4-9-25/h1-15,20,24,30,35H,16-19,21-23H2,(H,38,41)(H,34,36,37). The van der Waals surface area contributed by atoms with E-state index in [4.69, 9.17) is 4.74 Å². The average molecular weight is 562 g/mol. The number of nitrogens with one attached hydrogen (secondary N) is 3. The minimum atomic E-state index is -0.0908.